The zero-order valence-corrected chi connectivity index (χ0v) is 38.2. The Bertz CT molecular complexity index is 3710. The molecule has 1 atom stereocenters. The summed E-state index contributed by atoms with van der Waals surface area (Å²) in [5, 5.41) is 2.58. The van der Waals surface area contributed by atoms with Crippen molar-refractivity contribution in [2.45, 2.75) is 17.9 Å². The van der Waals surface area contributed by atoms with Gasteiger partial charge in [-0.25, -0.2) is 0 Å². The van der Waals surface area contributed by atoms with Crippen LogP contribution in [0.25, 0.3) is 66.3 Å². The van der Waals surface area contributed by atoms with Crippen LogP contribution in [0.3, 0.4) is 0 Å². The van der Waals surface area contributed by atoms with E-state index in [1.54, 1.807) is 0 Å². The van der Waals surface area contributed by atoms with Crippen molar-refractivity contribution in [1.82, 2.24) is 4.57 Å². The number of hydrogen-bond donors (Lipinski definition) is 0. The van der Waals surface area contributed by atoms with E-state index in [2.05, 4.69) is 282 Å². The first-order valence-corrected chi connectivity index (χ1v) is 24.1. The predicted octanol–water partition coefficient (Wildman–Crippen LogP) is 17.7. The lowest BCUT2D eigenvalue weighted by Gasteiger charge is -2.35. The molecule has 2 aliphatic carbocycles. The van der Waals surface area contributed by atoms with Crippen LogP contribution >= 0.6 is 0 Å². The van der Waals surface area contributed by atoms with Crippen LogP contribution in [0.1, 0.15) is 34.7 Å². The Hall–Kier alpha value is -8.72. The van der Waals surface area contributed by atoms with Crippen LogP contribution in [-0.2, 0) is 5.41 Å². The standard InChI is InChI=1S/C67H48N2/c1-5-19-47(20-6-1)48-35-38-56(39-36-48)68(58-40-41-60-59-31-13-15-33-63(59)67(64(60)46-58,53-24-7-2-8-25-53)54-26-9-3-10-27-54)57-30-18-23-51(44-57)49-21-17-22-50(43-49)52-37-42-66-62(45-52)61-32-14-16-34-65(61)69(66)55-28-11-4-12-29-55/h1-28,30-46,55H,29H2. The van der Waals surface area contributed by atoms with Crippen LogP contribution in [0.15, 0.2) is 273 Å². The van der Waals surface area contributed by atoms with Gasteiger partial charge >= 0.3 is 0 Å². The molecule has 1 heterocycles. The minimum absolute atomic E-state index is 0.295. The SMILES string of the molecule is C1=CCC(n2c3ccccc3c3cc(-c4cccc(-c5cccc(N(c6ccc(-c7ccccc7)cc6)c6ccc7c(c6)C(c6ccccc6)(c6ccccc6)c6ccccc6-7)c5)c4)ccc32)C=C1. The van der Waals surface area contributed by atoms with Crippen molar-refractivity contribution in [3.05, 3.63) is 295 Å². The maximum absolute atomic E-state index is 2.51. The monoisotopic (exact) mass is 880 g/mol. The zero-order valence-electron chi connectivity index (χ0n) is 38.2. The van der Waals surface area contributed by atoms with Crippen molar-refractivity contribution >= 4 is 38.9 Å². The third-order valence-electron chi connectivity index (χ3n) is 14.6. The maximum Gasteiger partial charge on any atom is 0.0714 e. The summed E-state index contributed by atoms with van der Waals surface area (Å²) in [5.41, 5.74) is 20.1. The lowest BCUT2D eigenvalue weighted by molar-refractivity contribution is 0.648. The predicted molar refractivity (Wildman–Crippen MR) is 290 cm³/mol. The van der Waals surface area contributed by atoms with E-state index >= 15 is 0 Å². The van der Waals surface area contributed by atoms with Gasteiger partial charge in [-0.05, 0) is 134 Å². The Balaban J connectivity index is 0.948. The Labute approximate surface area is 404 Å². The summed E-state index contributed by atoms with van der Waals surface area (Å²) in [6, 6.07) is 92.2. The largest absolute Gasteiger partial charge is 0.333 e. The van der Waals surface area contributed by atoms with Crippen molar-refractivity contribution in [2.24, 2.45) is 0 Å². The van der Waals surface area contributed by atoms with Crippen molar-refractivity contribution in [3.8, 4) is 44.5 Å². The highest BCUT2D eigenvalue weighted by Gasteiger charge is 2.46. The number of hydrogen-bond acceptors (Lipinski definition) is 1. The number of allylic oxidation sites excluding steroid dienone is 4. The topological polar surface area (TPSA) is 8.17 Å². The number of anilines is 3. The Morgan fingerprint density at radius 1 is 0.362 bits per heavy atom. The summed E-state index contributed by atoms with van der Waals surface area (Å²) in [6.07, 6.45) is 9.92. The second-order valence-corrected chi connectivity index (χ2v) is 18.4. The summed E-state index contributed by atoms with van der Waals surface area (Å²) in [7, 11) is 0. The fourth-order valence-electron chi connectivity index (χ4n) is 11.5. The summed E-state index contributed by atoms with van der Waals surface area (Å²) in [5.74, 6) is 0. The van der Waals surface area contributed by atoms with Gasteiger partial charge in [0.15, 0.2) is 0 Å². The van der Waals surface area contributed by atoms with Gasteiger partial charge in [-0.15, -0.1) is 0 Å². The van der Waals surface area contributed by atoms with Crippen molar-refractivity contribution in [3.63, 3.8) is 0 Å². The van der Waals surface area contributed by atoms with E-state index in [-0.39, 0.29) is 0 Å². The average molecular weight is 881 g/mol. The number of nitrogens with zero attached hydrogens (tertiary/aromatic N) is 2. The molecule has 2 aliphatic rings. The van der Waals surface area contributed by atoms with Gasteiger partial charge in [-0.1, -0.05) is 212 Å². The van der Waals surface area contributed by atoms with Gasteiger partial charge in [0.25, 0.3) is 0 Å². The second kappa shape index (κ2) is 16.9. The Kier molecular flexibility index (Phi) is 9.91. The fraction of sp³-hybridized carbons (Fsp3) is 0.0448. The van der Waals surface area contributed by atoms with E-state index in [0.29, 0.717) is 6.04 Å². The van der Waals surface area contributed by atoms with E-state index in [1.807, 2.05) is 0 Å². The summed E-state index contributed by atoms with van der Waals surface area (Å²) in [6.45, 7) is 0. The van der Waals surface area contributed by atoms with E-state index in [0.717, 1.165) is 29.0 Å². The third kappa shape index (κ3) is 6.79. The Morgan fingerprint density at radius 2 is 0.913 bits per heavy atom. The molecule has 0 amide bonds. The molecule has 0 spiro atoms. The highest BCUT2D eigenvalue weighted by molar-refractivity contribution is 6.09. The van der Waals surface area contributed by atoms with Crippen LogP contribution in [-0.4, -0.2) is 4.57 Å². The van der Waals surface area contributed by atoms with Gasteiger partial charge in [0, 0.05) is 38.9 Å². The van der Waals surface area contributed by atoms with Gasteiger partial charge in [0.1, 0.15) is 0 Å². The molecule has 0 saturated heterocycles. The molecule has 0 saturated carbocycles. The normalized spacial score (nSPS) is 14.5. The van der Waals surface area contributed by atoms with Crippen LogP contribution in [0, 0.1) is 0 Å². The summed E-state index contributed by atoms with van der Waals surface area (Å²) < 4.78 is 2.51. The molecule has 1 unspecified atom stereocenters. The third-order valence-corrected chi connectivity index (χ3v) is 14.6. The minimum atomic E-state index is -0.516. The quantitative estimate of drug-likeness (QED) is 0.140. The lowest BCUT2D eigenvalue weighted by atomic mass is 9.67. The molecule has 2 nitrogen and oxygen atoms in total. The van der Waals surface area contributed by atoms with Crippen LogP contribution in [0.2, 0.25) is 0 Å². The minimum Gasteiger partial charge on any atom is -0.333 e. The molecular formula is C67H48N2. The van der Waals surface area contributed by atoms with Gasteiger partial charge in [0.2, 0.25) is 0 Å². The van der Waals surface area contributed by atoms with Gasteiger partial charge in [-0.3, -0.25) is 0 Å². The first-order chi connectivity index (χ1) is 34.2. The molecule has 0 radical (unpaired) electrons. The number of fused-ring (bicyclic) bond motifs is 6. The van der Waals surface area contributed by atoms with Gasteiger partial charge in [-0.2, -0.15) is 0 Å². The molecule has 10 aromatic carbocycles. The fourth-order valence-corrected chi connectivity index (χ4v) is 11.5. The molecule has 0 N–H and O–H groups in total. The molecule has 1 aromatic heterocycles. The van der Waals surface area contributed by atoms with E-state index in [9.17, 15) is 0 Å². The average Bonchev–Trinajstić information content (AvgIpc) is 3.92. The summed E-state index contributed by atoms with van der Waals surface area (Å²) >= 11 is 0. The number of benzene rings is 10. The van der Waals surface area contributed by atoms with Crippen LogP contribution in [0.5, 0.6) is 0 Å². The van der Waals surface area contributed by atoms with Crippen molar-refractivity contribution in [1.29, 1.82) is 0 Å². The smallest absolute Gasteiger partial charge is 0.0714 e. The zero-order chi connectivity index (χ0) is 45.7. The summed E-state index contributed by atoms with van der Waals surface area (Å²) in [4.78, 5) is 2.44. The highest BCUT2D eigenvalue weighted by atomic mass is 15.1. The molecule has 2 heteroatoms. The van der Waals surface area contributed by atoms with Gasteiger partial charge in [0.05, 0.1) is 11.5 Å². The number of para-hydroxylation sites is 1. The van der Waals surface area contributed by atoms with Crippen LogP contribution < -0.4 is 4.90 Å². The number of aromatic nitrogens is 1. The van der Waals surface area contributed by atoms with Gasteiger partial charge < -0.3 is 9.47 Å². The first-order valence-electron chi connectivity index (χ1n) is 24.1. The Morgan fingerprint density at radius 3 is 1.65 bits per heavy atom. The van der Waals surface area contributed by atoms with Crippen LogP contribution in [0.4, 0.5) is 17.1 Å². The molecule has 13 rings (SSSR count). The van der Waals surface area contributed by atoms with E-state index < -0.39 is 5.41 Å². The number of rotatable bonds is 9. The molecule has 0 aliphatic heterocycles. The molecule has 69 heavy (non-hydrogen) atoms. The molecular weight excluding hydrogens is 833 g/mol. The van der Waals surface area contributed by atoms with E-state index in [1.165, 1.54) is 83.0 Å². The highest BCUT2D eigenvalue weighted by Crippen LogP contribution is 2.57. The molecule has 11 aromatic rings. The van der Waals surface area contributed by atoms with E-state index in [4.69, 9.17) is 0 Å². The first kappa shape index (κ1) is 40.5. The lowest BCUT2D eigenvalue weighted by Crippen LogP contribution is -2.28. The maximum atomic E-state index is 2.51. The molecule has 0 fully saturated rings. The second-order valence-electron chi connectivity index (χ2n) is 18.4. The van der Waals surface area contributed by atoms with Crippen molar-refractivity contribution in [2.75, 3.05) is 4.90 Å². The molecule has 0 bridgehead atoms. The molecule has 326 valence electrons. The van der Waals surface area contributed by atoms with Crippen molar-refractivity contribution < 1.29 is 0 Å².